The number of hydrogen-bond donors (Lipinski definition) is 0. The summed E-state index contributed by atoms with van der Waals surface area (Å²) in [6.07, 6.45) is 3.32. The number of nitrogens with zero attached hydrogens (tertiary/aromatic N) is 3. The lowest BCUT2D eigenvalue weighted by Crippen LogP contribution is -2.25. The van der Waals surface area contributed by atoms with E-state index >= 15 is 0 Å². The van der Waals surface area contributed by atoms with Crippen LogP contribution in [-0.2, 0) is 9.47 Å². The third-order valence-corrected chi connectivity index (χ3v) is 1.87. The smallest absolute Gasteiger partial charge is 0.138 e. The summed E-state index contributed by atoms with van der Waals surface area (Å²) < 4.78 is 10.4. The van der Waals surface area contributed by atoms with E-state index in [2.05, 4.69) is 10.0 Å². The molecule has 2 heterocycles. The third-order valence-electron chi connectivity index (χ3n) is 1.87. The van der Waals surface area contributed by atoms with Crippen molar-refractivity contribution >= 4 is 0 Å². The molecule has 0 aromatic heterocycles. The second-order valence-electron chi connectivity index (χ2n) is 2.50. The second kappa shape index (κ2) is 2.45. The maximum atomic E-state index is 8.17. The Morgan fingerprint density at radius 2 is 2.55 bits per heavy atom. The molecule has 0 aromatic carbocycles. The number of fused-ring (bicyclic) bond motifs is 1. The van der Waals surface area contributed by atoms with E-state index in [4.69, 9.17) is 15.0 Å². The Labute approximate surface area is 63.2 Å². The van der Waals surface area contributed by atoms with Gasteiger partial charge < -0.3 is 9.47 Å². The Bertz CT molecular complexity index is 234. The summed E-state index contributed by atoms with van der Waals surface area (Å²) in [7, 11) is 0. The molecule has 3 atom stereocenters. The van der Waals surface area contributed by atoms with Crippen molar-refractivity contribution in [1.82, 2.24) is 0 Å². The highest BCUT2D eigenvalue weighted by Gasteiger charge is 2.39. The highest BCUT2D eigenvalue weighted by atomic mass is 16.6. The summed E-state index contributed by atoms with van der Waals surface area (Å²) in [5, 5.41) is 3.56. The normalized spacial score (nSPS) is 39.5. The molecule has 0 aliphatic carbocycles. The van der Waals surface area contributed by atoms with E-state index in [1.165, 1.54) is 0 Å². The van der Waals surface area contributed by atoms with Crippen LogP contribution in [0.2, 0.25) is 0 Å². The number of rotatable bonds is 1. The van der Waals surface area contributed by atoms with Crippen LogP contribution < -0.4 is 0 Å². The van der Waals surface area contributed by atoms with Crippen molar-refractivity contribution < 1.29 is 9.47 Å². The number of hydrogen-bond acceptors (Lipinski definition) is 3. The average Bonchev–Trinajstić information content (AvgIpc) is 2.53. The Hall–Kier alpha value is -1.19. The molecular formula is C6H7N3O2. The highest BCUT2D eigenvalue weighted by molar-refractivity contribution is 5.05. The van der Waals surface area contributed by atoms with E-state index in [0.717, 1.165) is 0 Å². The lowest BCUT2D eigenvalue weighted by Gasteiger charge is -2.10. The fraction of sp³-hybridized carbons (Fsp3) is 0.667. The van der Waals surface area contributed by atoms with Crippen LogP contribution in [0.3, 0.4) is 0 Å². The lowest BCUT2D eigenvalue weighted by atomic mass is 10.1. The molecular weight excluding hydrogens is 146 g/mol. The van der Waals surface area contributed by atoms with Crippen molar-refractivity contribution in [3.8, 4) is 0 Å². The molecule has 2 aliphatic rings. The average molecular weight is 153 g/mol. The molecule has 0 saturated carbocycles. The number of azide groups is 1. The Morgan fingerprint density at radius 1 is 1.64 bits per heavy atom. The summed E-state index contributed by atoms with van der Waals surface area (Å²) in [6, 6.07) is -0.167. The van der Waals surface area contributed by atoms with Crippen molar-refractivity contribution in [1.29, 1.82) is 0 Å². The molecule has 5 heteroatoms. The summed E-state index contributed by atoms with van der Waals surface area (Å²) >= 11 is 0. The molecule has 11 heavy (non-hydrogen) atoms. The summed E-state index contributed by atoms with van der Waals surface area (Å²) in [5.41, 5.74) is 8.17. The molecule has 0 bridgehead atoms. The van der Waals surface area contributed by atoms with Gasteiger partial charge in [-0.15, -0.1) is 0 Å². The van der Waals surface area contributed by atoms with Crippen LogP contribution in [0.25, 0.3) is 10.4 Å². The molecule has 0 radical (unpaired) electrons. The van der Waals surface area contributed by atoms with Gasteiger partial charge in [-0.1, -0.05) is 5.11 Å². The van der Waals surface area contributed by atoms with E-state index in [0.29, 0.717) is 6.61 Å². The van der Waals surface area contributed by atoms with E-state index in [9.17, 15) is 0 Å². The fourth-order valence-corrected chi connectivity index (χ4v) is 1.33. The summed E-state index contributed by atoms with van der Waals surface area (Å²) in [6.45, 7) is 0.462. The van der Waals surface area contributed by atoms with E-state index in [1.54, 1.807) is 6.26 Å². The molecule has 0 N–H and O–H groups in total. The van der Waals surface area contributed by atoms with E-state index in [1.807, 2.05) is 6.08 Å². The maximum Gasteiger partial charge on any atom is 0.138 e. The van der Waals surface area contributed by atoms with E-state index in [-0.39, 0.29) is 18.2 Å². The predicted octanol–water partition coefficient (Wildman–Crippen LogP) is 0.977. The van der Waals surface area contributed by atoms with Crippen molar-refractivity contribution in [3.63, 3.8) is 0 Å². The monoisotopic (exact) mass is 153 g/mol. The first kappa shape index (κ1) is 6.52. The minimum Gasteiger partial charge on any atom is -0.495 e. The van der Waals surface area contributed by atoms with Gasteiger partial charge in [0.05, 0.1) is 12.9 Å². The zero-order valence-electron chi connectivity index (χ0n) is 5.75. The van der Waals surface area contributed by atoms with Crippen molar-refractivity contribution in [2.24, 2.45) is 5.11 Å². The second-order valence-corrected chi connectivity index (χ2v) is 2.50. The van der Waals surface area contributed by atoms with Crippen LogP contribution in [0.4, 0.5) is 0 Å². The summed E-state index contributed by atoms with van der Waals surface area (Å²) in [4.78, 5) is 2.72. The van der Waals surface area contributed by atoms with Gasteiger partial charge in [0.2, 0.25) is 0 Å². The maximum absolute atomic E-state index is 8.17. The molecule has 1 fully saturated rings. The molecule has 2 rings (SSSR count). The van der Waals surface area contributed by atoms with Gasteiger partial charge in [0.1, 0.15) is 18.2 Å². The summed E-state index contributed by atoms with van der Waals surface area (Å²) in [5.74, 6) is 0. The van der Waals surface area contributed by atoms with Crippen LogP contribution >= 0.6 is 0 Å². The first-order valence-electron chi connectivity index (χ1n) is 3.40. The molecule has 1 saturated heterocycles. The Kier molecular flexibility index (Phi) is 1.45. The van der Waals surface area contributed by atoms with Gasteiger partial charge in [0.25, 0.3) is 0 Å². The van der Waals surface area contributed by atoms with Gasteiger partial charge in [-0.2, -0.15) is 0 Å². The van der Waals surface area contributed by atoms with Crippen LogP contribution in [0.1, 0.15) is 0 Å². The third kappa shape index (κ3) is 0.943. The molecule has 0 aromatic rings. The van der Waals surface area contributed by atoms with Crippen LogP contribution in [0, 0.1) is 0 Å². The van der Waals surface area contributed by atoms with Gasteiger partial charge in [0, 0.05) is 4.91 Å². The lowest BCUT2D eigenvalue weighted by molar-refractivity contribution is 0.0890. The highest BCUT2D eigenvalue weighted by Crippen LogP contribution is 2.26. The van der Waals surface area contributed by atoms with Crippen LogP contribution in [0.5, 0.6) is 0 Å². The SMILES string of the molecule is [N-]=[N+]=N[C@@H]1CO[C@@H]2C=CO[C@H]12. The van der Waals surface area contributed by atoms with Gasteiger partial charge >= 0.3 is 0 Å². The van der Waals surface area contributed by atoms with Gasteiger partial charge in [0.15, 0.2) is 0 Å². The molecule has 5 nitrogen and oxygen atoms in total. The number of ether oxygens (including phenoxy) is 2. The largest absolute Gasteiger partial charge is 0.495 e. The molecule has 0 amide bonds. The van der Waals surface area contributed by atoms with Gasteiger partial charge in [-0.3, -0.25) is 0 Å². The fourth-order valence-electron chi connectivity index (χ4n) is 1.33. The topological polar surface area (TPSA) is 67.2 Å². The zero-order valence-corrected chi connectivity index (χ0v) is 5.75. The Balaban J connectivity index is 2.11. The van der Waals surface area contributed by atoms with E-state index < -0.39 is 0 Å². The van der Waals surface area contributed by atoms with Gasteiger partial charge in [-0.05, 0) is 11.6 Å². The van der Waals surface area contributed by atoms with Gasteiger partial charge in [-0.25, -0.2) is 0 Å². The predicted molar refractivity (Wildman–Crippen MR) is 36.7 cm³/mol. The van der Waals surface area contributed by atoms with Crippen molar-refractivity contribution in [2.45, 2.75) is 18.2 Å². The first-order valence-corrected chi connectivity index (χ1v) is 3.40. The van der Waals surface area contributed by atoms with Crippen LogP contribution in [0.15, 0.2) is 17.5 Å². The standard InChI is InChI=1S/C6H7N3O2/c7-9-8-4-3-11-5-1-2-10-6(4)5/h1-2,4-6H,3H2/t4-,5-,6-/m1/s1. The first-order chi connectivity index (χ1) is 5.42. The molecule has 0 spiro atoms. The molecule has 2 aliphatic heterocycles. The van der Waals surface area contributed by atoms with Crippen molar-refractivity contribution in [3.05, 3.63) is 22.8 Å². The Morgan fingerprint density at radius 3 is 3.36 bits per heavy atom. The van der Waals surface area contributed by atoms with Crippen LogP contribution in [-0.4, -0.2) is 24.9 Å². The van der Waals surface area contributed by atoms with Crippen molar-refractivity contribution in [2.75, 3.05) is 6.61 Å². The molecule has 58 valence electrons. The molecule has 0 unspecified atom stereocenters. The zero-order chi connectivity index (χ0) is 7.68. The minimum absolute atomic E-state index is 0.00880. The minimum atomic E-state index is -0.167. The quantitative estimate of drug-likeness (QED) is 0.320.